The van der Waals surface area contributed by atoms with Crippen molar-refractivity contribution in [1.29, 1.82) is 0 Å². The first-order chi connectivity index (χ1) is 8.82. The Labute approximate surface area is 115 Å². The molecule has 0 saturated carbocycles. The number of rotatable bonds is 7. The number of aliphatic hydroxyl groups excluding tert-OH is 1. The number of H-pyrrole nitrogens is 1. The molecule has 0 spiro atoms. The van der Waals surface area contributed by atoms with Crippen molar-refractivity contribution in [3.8, 4) is 0 Å². The lowest BCUT2D eigenvalue weighted by Gasteiger charge is -2.28. The summed E-state index contributed by atoms with van der Waals surface area (Å²) in [5.74, 6) is 0. The van der Waals surface area contributed by atoms with Gasteiger partial charge in [-0.25, -0.2) is 8.42 Å². The van der Waals surface area contributed by atoms with Crippen LogP contribution in [0.3, 0.4) is 0 Å². The van der Waals surface area contributed by atoms with Gasteiger partial charge in [0.15, 0.2) is 0 Å². The SMILES string of the molecule is CCN(C(C)CN(C)C)S(=O)(=O)c1c[nH]c(CO)c1. The molecule has 0 amide bonds. The molecule has 19 heavy (non-hydrogen) atoms. The van der Waals surface area contributed by atoms with Crippen molar-refractivity contribution in [1.82, 2.24) is 14.2 Å². The largest absolute Gasteiger partial charge is 0.390 e. The summed E-state index contributed by atoms with van der Waals surface area (Å²) in [6.07, 6.45) is 1.42. The van der Waals surface area contributed by atoms with Gasteiger partial charge in [0.25, 0.3) is 0 Å². The van der Waals surface area contributed by atoms with Crippen molar-refractivity contribution >= 4 is 10.0 Å². The topological polar surface area (TPSA) is 76.6 Å². The molecule has 1 heterocycles. The molecule has 2 N–H and O–H groups in total. The highest BCUT2D eigenvalue weighted by atomic mass is 32.2. The fourth-order valence-corrected chi connectivity index (χ4v) is 3.78. The van der Waals surface area contributed by atoms with E-state index in [4.69, 9.17) is 5.11 Å². The van der Waals surface area contributed by atoms with Crippen LogP contribution in [0.4, 0.5) is 0 Å². The van der Waals surface area contributed by atoms with Crippen molar-refractivity contribution in [2.75, 3.05) is 27.2 Å². The van der Waals surface area contributed by atoms with Crippen molar-refractivity contribution in [3.05, 3.63) is 18.0 Å². The van der Waals surface area contributed by atoms with E-state index in [1.807, 2.05) is 32.8 Å². The van der Waals surface area contributed by atoms with Crippen LogP contribution < -0.4 is 0 Å². The number of aliphatic hydroxyl groups is 1. The Morgan fingerprint density at radius 3 is 2.47 bits per heavy atom. The van der Waals surface area contributed by atoms with E-state index in [9.17, 15) is 8.42 Å². The van der Waals surface area contributed by atoms with Crippen molar-refractivity contribution in [2.45, 2.75) is 31.4 Å². The monoisotopic (exact) mass is 289 g/mol. The van der Waals surface area contributed by atoms with Crippen LogP contribution in [0.2, 0.25) is 0 Å². The first kappa shape index (κ1) is 16.2. The van der Waals surface area contributed by atoms with Crippen molar-refractivity contribution in [2.24, 2.45) is 0 Å². The zero-order valence-corrected chi connectivity index (χ0v) is 12.7. The Morgan fingerprint density at radius 1 is 1.42 bits per heavy atom. The fourth-order valence-electron chi connectivity index (χ4n) is 2.13. The van der Waals surface area contributed by atoms with Gasteiger partial charge < -0.3 is 15.0 Å². The first-order valence-electron chi connectivity index (χ1n) is 6.27. The molecule has 0 fully saturated rings. The Balaban J connectivity index is 3.01. The Hall–Kier alpha value is -0.890. The molecular formula is C12H23N3O3S. The van der Waals surface area contributed by atoms with Crippen LogP contribution in [0.1, 0.15) is 19.5 Å². The minimum Gasteiger partial charge on any atom is -0.390 e. The molecule has 1 atom stereocenters. The van der Waals surface area contributed by atoms with Gasteiger partial charge in [-0.2, -0.15) is 4.31 Å². The second-order valence-electron chi connectivity index (χ2n) is 4.84. The van der Waals surface area contributed by atoms with E-state index in [2.05, 4.69) is 4.98 Å². The lowest BCUT2D eigenvalue weighted by molar-refractivity contribution is 0.271. The van der Waals surface area contributed by atoms with Gasteiger partial charge in [0.1, 0.15) is 0 Å². The summed E-state index contributed by atoms with van der Waals surface area (Å²) in [5.41, 5.74) is 0.495. The van der Waals surface area contributed by atoms with Crippen molar-refractivity contribution < 1.29 is 13.5 Å². The quantitative estimate of drug-likeness (QED) is 0.765. The number of hydrogen-bond acceptors (Lipinski definition) is 4. The molecule has 1 aromatic rings. The number of aromatic nitrogens is 1. The number of hydrogen-bond donors (Lipinski definition) is 2. The van der Waals surface area contributed by atoms with E-state index in [0.717, 1.165) is 0 Å². The molecule has 7 heteroatoms. The Bertz CT molecular complexity index is 496. The highest BCUT2D eigenvalue weighted by Gasteiger charge is 2.28. The molecule has 0 aromatic carbocycles. The molecule has 6 nitrogen and oxygen atoms in total. The molecule has 110 valence electrons. The second-order valence-corrected chi connectivity index (χ2v) is 6.73. The summed E-state index contributed by atoms with van der Waals surface area (Å²) >= 11 is 0. The van der Waals surface area contributed by atoms with Crippen LogP contribution >= 0.6 is 0 Å². The van der Waals surface area contributed by atoms with Gasteiger partial charge in [0, 0.05) is 31.0 Å². The van der Waals surface area contributed by atoms with Gasteiger partial charge in [-0.05, 0) is 27.1 Å². The maximum absolute atomic E-state index is 12.5. The van der Waals surface area contributed by atoms with E-state index in [1.54, 1.807) is 0 Å². The van der Waals surface area contributed by atoms with Gasteiger partial charge >= 0.3 is 0 Å². The van der Waals surface area contributed by atoms with Crippen LogP contribution in [0.15, 0.2) is 17.2 Å². The molecule has 1 unspecified atom stereocenters. The molecular weight excluding hydrogens is 266 g/mol. The van der Waals surface area contributed by atoms with Crippen molar-refractivity contribution in [3.63, 3.8) is 0 Å². The highest BCUT2D eigenvalue weighted by Crippen LogP contribution is 2.19. The normalized spacial score (nSPS) is 14.3. The Kier molecular flexibility index (Phi) is 5.54. The van der Waals surface area contributed by atoms with Crippen LogP contribution in [0, 0.1) is 0 Å². The Morgan fingerprint density at radius 2 is 2.05 bits per heavy atom. The van der Waals surface area contributed by atoms with E-state index in [-0.39, 0.29) is 17.5 Å². The lowest BCUT2D eigenvalue weighted by atomic mass is 10.3. The summed E-state index contributed by atoms with van der Waals surface area (Å²) in [5, 5.41) is 8.99. The van der Waals surface area contributed by atoms with Crippen LogP contribution in [-0.2, 0) is 16.6 Å². The molecule has 0 radical (unpaired) electrons. The number of aromatic amines is 1. The molecule has 0 aliphatic carbocycles. The third-order valence-electron chi connectivity index (χ3n) is 2.93. The van der Waals surface area contributed by atoms with Gasteiger partial charge in [-0.3, -0.25) is 0 Å². The minimum absolute atomic E-state index is 0.113. The highest BCUT2D eigenvalue weighted by molar-refractivity contribution is 7.89. The molecule has 0 bridgehead atoms. The number of likely N-dealkylation sites (N-methyl/N-ethyl adjacent to an activating group) is 2. The predicted octanol–water partition coefficient (Wildman–Crippen LogP) is 0.468. The number of nitrogens with zero attached hydrogens (tertiary/aromatic N) is 2. The van der Waals surface area contributed by atoms with Crippen LogP contribution in [0.25, 0.3) is 0 Å². The van der Waals surface area contributed by atoms with E-state index < -0.39 is 10.0 Å². The number of sulfonamides is 1. The van der Waals surface area contributed by atoms with E-state index in [1.165, 1.54) is 16.6 Å². The van der Waals surface area contributed by atoms with Gasteiger partial charge in [-0.15, -0.1) is 0 Å². The van der Waals surface area contributed by atoms with Gasteiger partial charge in [-0.1, -0.05) is 6.92 Å². The van der Waals surface area contributed by atoms with Gasteiger partial charge in [0.2, 0.25) is 10.0 Å². The summed E-state index contributed by atoms with van der Waals surface area (Å²) < 4.78 is 26.5. The molecule has 0 aliphatic heterocycles. The molecule has 1 rings (SSSR count). The summed E-state index contributed by atoms with van der Waals surface area (Å²) in [6.45, 7) is 4.58. The standard InChI is InChI=1S/C12H23N3O3S/c1-5-15(10(2)8-14(3)4)19(17,18)12-6-11(9-16)13-7-12/h6-7,10,13,16H,5,8-9H2,1-4H3. The van der Waals surface area contributed by atoms with E-state index in [0.29, 0.717) is 18.8 Å². The summed E-state index contributed by atoms with van der Waals surface area (Å²) in [7, 11) is 0.307. The summed E-state index contributed by atoms with van der Waals surface area (Å²) in [4.78, 5) is 4.91. The van der Waals surface area contributed by atoms with Crippen LogP contribution in [-0.4, -0.2) is 60.9 Å². The lowest BCUT2D eigenvalue weighted by Crippen LogP contribution is -2.43. The third kappa shape index (κ3) is 3.79. The molecule has 0 saturated heterocycles. The third-order valence-corrected chi connectivity index (χ3v) is 4.99. The van der Waals surface area contributed by atoms with Crippen LogP contribution in [0.5, 0.6) is 0 Å². The van der Waals surface area contributed by atoms with E-state index >= 15 is 0 Å². The average Bonchev–Trinajstić information content (AvgIpc) is 2.77. The molecule has 1 aromatic heterocycles. The number of nitrogens with one attached hydrogen (secondary N) is 1. The van der Waals surface area contributed by atoms with Gasteiger partial charge in [0.05, 0.1) is 11.5 Å². The zero-order valence-electron chi connectivity index (χ0n) is 11.9. The summed E-state index contributed by atoms with van der Waals surface area (Å²) in [6, 6.07) is 1.36. The molecule has 0 aliphatic rings. The first-order valence-corrected chi connectivity index (χ1v) is 7.71. The second kappa shape index (κ2) is 6.51. The predicted molar refractivity (Wildman–Crippen MR) is 74.3 cm³/mol. The fraction of sp³-hybridized carbons (Fsp3) is 0.667. The minimum atomic E-state index is -3.52. The smallest absolute Gasteiger partial charge is 0.244 e. The average molecular weight is 289 g/mol. The zero-order chi connectivity index (χ0) is 14.6. The maximum Gasteiger partial charge on any atom is 0.244 e. The maximum atomic E-state index is 12.5.